The third kappa shape index (κ3) is 2.82. The van der Waals surface area contributed by atoms with Crippen LogP contribution in [0.25, 0.3) is 5.76 Å². The summed E-state index contributed by atoms with van der Waals surface area (Å²) in [4.78, 5) is 21.1. The summed E-state index contributed by atoms with van der Waals surface area (Å²) in [6.07, 6.45) is 0.409. The highest BCUT2D eigenvalue weighted by Gasteiger charge is 2.17. The molecule has 0 spiro atoms. The lowest BCUT2D eigenvalue weighted by atomic mass is 10.1. The van der Waals surface area contributed by atoms with Gasteiger partial charge in [0.1, 0.15) is 11.6 Å². The smallest absolute Gasteiger partial charge is 0.376 e. The molecule has 0 aliphatic heterocycles. The van der Waals surface area contributed by atoms with Gasteiger partial charge in [-0.3, -0.25) is 4.79 Å². The zero-order valence-electron chi connectivity index (χ0n) is 8.70. The zero-order valence-corrected chi connectivity index (χ0v) is 9.45. The number of rotatable bonds is 3. The molecule has 0 aliphatic carbocycles. The second-order valence-corrected chi connectivity index (χ2v) is 3.63. The van der Waals surface area contributed by atoms with Crippen LogP contribution < -0.4 is 0 Å². The molecule has 0 radical (unpaired) electrons. The summed E-state index contributed by atoms with van der Waals surface area (Å²) in [6.45, 7) is 1.58. The number of halogens is 2. The molecule has 0 saturated carbocycles. The van der Waals surface area contributed by atoms with Gasteiger partial charge in [-0.25, -0.2) is 9.18 Å². The van der Waals surface area contributed by atoms with Crippen LogP contribution >= 0.6 is 11.6 Å². The number of carboxylic acid groups (broad SMARTS) is 1. The molecular weight excluding hydrogens is 251 g/mol. The molecule has 0 fully saturated rings. The zero-order chi connectivity index (χ0) is 13.2. The van der Waals surface area contributed by atoms with Crippen molar-refractivity contribution in [3.05, 3.63) is 40.2 Å². The molecule has 2 N–H and O–H groups in total. The number of carboxylic acids is 1. The SMILES string of the molecule is Cc1ccc(F)c(C(O)=CC(=O)C(=O)O)c1Cl. The van der Waals surface area contributed by atoms with Crippen LogP contribution in [0.3, 0.4) is 0 Å². The number of aliphatic hydroxyl groups is 1. The van der Waals surface area contributed by atoms with E-state index < -0.39 is 23.3 Å². The number of carbonyl (C=O) groups excluding carboxylic acids is 1. The van der Waals surface area contributed by atoms with Crippen LogP contribution in [-0.4, -0.2) is 22.0 Å². The number of aliphatic hydroxyl groups excluding tert-OH is 1. The topological polar surface area (TPSA) is 74.6 Å². The van der Waals surface area contributed by atoms with Crippen molar-refractivity contribution in [2.24, 2.45) is 0 Å². The molecule has 1 aromatic rings. The van der Waals surface area contributed by atoms with Gasteiger partial charge in [-0.1, -0.05) is 17.7 Å². The van der Waals surface area contributed by atoms with Crippen LogP contribution in [0, 0.1) is 12.7 Å². The van der Waals surface area contributed by atoms with Crippen molar-refractivity contribution in [3.8, 4) is 0 Å². The Morgan fingerprint density at radius 3 is 2.47 bits per heavy atom. The van der Waals surface area contributed by atoms with Crippen molar-refractivity contribution < 1.29 is 24.2 Å². The van der Waals surface area contributed by atoms with E-state index >= 15 is 0 Å². The Labute approximate surface area is 101 Å². The van der Waals surface area contributed by atoms with Crippen LogP contribution in [0.1, 0.15) is 11.1 Å². The number of carbonyl (C=O) groups is 2. The first-order valence-electron chi connectivity index (χ1n) is 4.47. The Bertz CT molecular complexity index is 522. The van der Waals surface area contributed by atoms with Gasteiger partial charge in [-0.05, 0) is 18.6 Å². The average molecular weight is 259 g/mol. The molecule has 0 bridgehead atoms. The molecular formula is C11H8ClFO4. The summed E-state index contributed by atoms with van der Waals surface area (Å²) in [5.74, 6) is -4.77. The molecule has 0 unspecified atom stereocenters. The van der Waals surface area contributed by atoms with Crippen molar-refractivity contribution in [2.45, 2.75) is 6.92 Å². The van der Waals surface area contributed by atoms with Gasteiger partial charge in [0.25, 0.3) is 5.78 Å². The van der Waals surface area contributed by atoms with E-state index in [9.17, 15) is 19.1 Å². The molecule has 0 amide bonds. The summed E-state index contributed by atoms with van der Waals surface area (Å²) >= 11 is 5.76. The van der Waals surface area contributed by atoms with Gasteiger partial charge in [0, 0.05) is 6.08 Å². The summed E-state index contributed by atoms with van der Waals surface area (Å²) in [7, 11) is 0. The van der Waals surface area contributed by atoms with Crippen LogP contribution in [0.5, 0.6) is 0 Å². The van der Waals surface area contributed by atoms with Crippen molar-refractivity contribution in [1.29, 1.82) is 0 Å². The standard InChI is InChI=1S/C11H8ClFO4/c1-5-2-3-6(13)9(10(5)12)7(14)4-8(15)11(16)17/h2-4,14H,1H3,(H,16,17). The van der Waals surface area contributed by atoms with Gasteiger partial charge < -0.3 is 10.2 Å². The number of ketones is 1. The van der Waals surface area contributed by atoms with E-state index in [1.165, 1.54) is 6.07 Å². The first-order chi connectivity index (χ1) is 7.84. The fourth-order valence-corrected chi connectivity index (χ4v) is 1.40. The second kappa shape index (κ2) is 4.97. The largest absolute Gasteiger partial charge is 0.507 e. The van der Waals surface area contributed by atoms with Gasteiger partial charge in [-0.15, -0.1) is 0 Å². The molecule has 0 aromatic heterocycles. The third-order valence-electron chi connectivity index (χ3n) is 2.02. The fourth-order valence-electron chi connectivity index (χ4n) is 1.15. The molecule has 4 nitrogen and oxygen atoms in total. The Morgan fingerprint density at radius 1 is 1.35 bits per heavy atom. The van der Waals surface area contributed by atoms with Crippen molar-refractivity contribution in [2.75, 3.05) is 0 Å². The number of hydrogen-bond acceptors (Lipinski definition) is 3. The summed E-state index contributed by atoms with van der Waals surface area (Å²) in [5.41, 5.74) is 0.104. The number of aliphatic carboxylic acids is 1. The maximum atomic E-state index is 13.4. The molecule has 1 rings (SSSR count). The Morgan fingerprint density at radius 2 is 1.94 bits per heavy atom. The van der Waals surface area contributed by atoms with Crippen LogP contribution in [0.15, 0.2) is 18.2 Å². The maximum Gasteiger partial charge on any atom is 0.376 e. The molecule has 0 saturated heterocycles. The van der Waals surface area contributed by atoms with Crippen molar-refractivity contribution >= 4 is 29.1 Å². The van der Waals surface area contributed by atoms with E-state index in [0.29, 0.717) is 11.6 Å². The predicted octanol–water partition coefficient (Wildman–Crippen LogP) is 2.34. The fraction of sp³-hybridized carbons (Fsp3) is 0.0909. The minimum Gasteiger partial charge on any atom is -0.507 e. The lowest BCUT2D eigenvalue weighted by molar-refractivity contribution is -0.146. The van der Waals surface area contributed by atoms with E-state index in [4.69, 9.17) is 16.7 Å². The molecule has 6 heteroatoms. The Kier molecular flexibility index (Phi) is 3.85. The third-order valence-corrected chi connectivity index (χ3v) is 2.51. The van der Waals surface area contributed by atoms with E-state index in [-0.39, 0.29) is 10.6 Å². The molecule has 1 aromatic carbocycles. The van der Waals surface area contributed by atoms with E-state index in [1.54, 1.807) is 6.92 Å². The van der Waals surface area contributed by atoms with Crippen LogP contribution in [0.4, 0.5) is 4.39 Å². The number of benzene rings is 1. The average Bonchev–Trinajstić information content (AvgIpc) is 2.24. The van der Waals surface area contributed by atoms with Gasteiger partial charge in [0.15, 0.2) is 0 Å². The van der Waals surface area contributed by atoms with Crippen LogP contribution in [-0.2, 0) is 9.59 Å². The molecule has 17 heavy (non-hydrogen) atoms. The van der Waals surface area contributed by atoms with Crippen molar-refractivity contribution in [1.82, 2.24) is 0 Å². The first kappa shape index (κ1) is 13.2. The van der Waals surface area contributed by atoms with Crippen LogP contribution in [0.2, 0.25) is 5.02 Å². The number of aryl methyl sites for hydroxylation is 1. The predicted molar refractivity (Wildman–Crippen MR) is 59.4 cm³/mol. The Hall–Kier alpha value is -1.88. The summed E-state index contributed by atoms with van der Waals surface area (Å²) < 4.78 is 13.4. The van der Waals surface area contributed by atoms with Gasteiger partial charge in [0.05, 0.1) is 10.6 Å². The monoisotopic (exact) mass is 258 g/mol. The lowest BCUT2D eigenvalue weighted by Gasteiger charge is -2.07. The maximum absolute atomic E-state index is 13.4. The van der Waals surface area contributed by atoms with E-state index in [0.717, 1.165) is 6.07 Å². The normalized spacial score (nSPS) is 11.4. The van der Waals surface area contributed by atoms with Crippen molar-refractivity contribution in [3.63, 3.8) is 0 Å². The molecule has 0 heterocycles. The second-order valence-electron chi connectivity index (χ2n) is 3.25. The lowest BCUT2D eigenvalue weighted by Crippen LogP contribution is -2.10. The highest BCUT2D eigenvalue weighted by Crippen LogP contribution is 2.28. The van der Waals surface area contributed by atoms with Gasteiger partial charge >= 0.3 is 5.97 Å². The minimum absolute atomic E-state index is 0.0723. The van der Waals surface area contributed by atoms with Gasteiger partial charge in [-0.2, -0.15) is 0 Å². The van der Waals surface area contributed by atoms with E-state index in [1.807, 2.05) is 0 Å². The molecule has 90 valence electrons. The summed E-state index contributed by atoms with van der Waals surface area (Å²) in [6, 6.07) is 2.46. The van der Waals surface area contributed by atoms with E-state index in [2.05, 4.69) is 0 Å². The highest BCUT2D eigenvalue weighted by atomic mass is 35.5. The van der Waals surface area contributed by atoms with Gasteiger partial charge in [0.2, 0.25) is 0 Å². The summed E-state index contributed by atoms with van der Waals surface area (Å²) in [5, 5.41) is 17.7. The number of hydrogen-bond donors (Lipinski definition) is 2. The molecule has 0 aliphatic rings. The molecule has 0 atom stereocenters. The Balaban J connectivity index is 3.30. The minimum atomic E-state index is -1.75. The highest BCUT2D eigenvalue weighted by molar-refractivity contribution is 6.39. The first-order valence-corrected chi connectivity index (χ1v) is 4.85. The quantitative estimate of drug-likeness (QED) is 0.496.